The van der Waals surface area contributed by atoms with Crippen molar-refractivity contribution in [2.75, 3.05) is 0 Å². The molecule has 1 atom stereocenters. The smallest absolute Gasteiger partial charge is 0.414 e. The number of amides is 2. The minimum atomic E-state index is -1.28. The first kappa shape index (κ1) is 8.70. The molecule has 0 saturated carbocycles. The third-order valence-corrected chi connectivity index (χ3v) is 1.79. The van der Waals surface area contributed by atoms with E-state index < -0.39 is 18.0 Å². The number of carbonyl (C=O) groups is 3. The van der Waals surface area contributed by atoms with Gasteiger partial charge in [0.05, 0.1) is 6.42 Å². The molecule has 0 bridgehead atoms. The van der Waals surface area contributed by atoms with Crippen LogP contribution in [0.15, 0.2) is 0 Å². The number of nitrogens with zero attached hydrogens (tertiary/aromatic N) is 1. The fourth-order valence-corrected chi connectivity index (χ4v) is 1.29. The highest BCUT2D eigenvalue weighted by Crippen LogP contribution is 2.14. The highest BCUT2D eigenvalue weighted by molar-refractivity contribution is 6.05. The van der Waals surface area contributed by atoms with Gasteiger partial charge in [-0.2, -0.15) is 0 Å². The Morgan fingerprint density at radius 2 is 2.17 bits per heavy atom. The summed E-state index contributed by atoms with van der Waals surface area (Å²) in [6, 6.07) is -0.517. The van der Waals surface area contributed by atoms with Crippen molar-refractivity contribution in [1.29, 1.82) is 0 Å². The maximum Gasteiger partial charge on any atom is 0.414 e. The second-order valence-corrected chi connectivity index (χ2v) is 2.81. The zero-order chi connectivity index (χ0) is 9.30. The van der Waals surface area contributed by atoms with E-state index in [1.165, 1.54) is 0 Å². The fraction of sp³-hybridized carbons (Fsp3) is 0.571. The summed E-state index contributed by atoms with van der Waals surface area (Å²) in [6.07, 6.45) is -1.42. The normalized spacial score (nSPS) is 24.4. The van der Waals surface area contributed by atoms with Crippen molar-refractivity contribution in [3.05, 3.63) is 0 Å². The lowest BCUT2D eigenvalue weighted by atomic mass is 10.0. The number of ketones is 1. The summed E-state index contributed by atoms with van der Waals surface area (Å²) in [5.41, 5.74) is 0. The van der Waals surface area contributed by atoms with E-state index in [0.717, 1.165) is 0 Å². The van der Waals surface area contributed by atoms with Gasteiger partial charge in [0.25, 0.3) is 0 Å². The maximum absolute atomic E-state index is 11.0. The zero-order valence-corrected chi connectivity index (χ0v) is 6.61. The molecule has 0 spiro atoms. The van der Waals surface area contributed by atoms with Gasteiger partial charge in [-0.05, 0) is 6.92 Å². The molecule has 0 aromatic carbocycles. The maximum atomic E-state index is 11.0. The lowest BCUT2D eigenvalue weighted by molar-refractivity contribution is -0.139. The third kappa shape index (κ3) is 1.44. The van der Waals surface area contributed by atoms with Gasteiger partial charge in [-0.25, -0.2) is 9.69 Å². The van der Waals surface area contributed by atoms with Crippen LogP contribution in [-0.4, -0.2) is 33.8 Å². The standard InChI is InChI=1S/C7H9NO4/c1-4-2-5(9)3-6(10)8(4)7(11)12/h4H,2-3H2,1H3,(H,11,12)/t4-/m0/s1. The monoisotopic (exact) mass is 171 g/mol. The molecular weight excluding hydrogens is 162 g/mol. The molecule has 5 heteroatoms. The van der Waals surface area contributed by atoms with E-state index in [1.54, 1.807) is 6.92 Å². The minimum Gasteiger partial charge on any atom is -0.465 e. The van der Waals surface area contributed by atoms with Crippen LogP contribution in [-0.2, 0) is 9.59 Å². The number of piperidine rings is 1. The van der Waals surface area contributed by atoms with E-state index in [2.05, 4.69) is 0 Å². The number of carbonyl (C=O) groups excluding carboxylic acids is 2. The van der Waals surface area contributed by atoms with Crippen LogP contribution in [0.3, 0.4) is 0 Å². The topological polar surface area (TPSA) is 74.7 Å². The van der Waals surface area contributed by atoms with Crippen LogP contribution >= 0.6 is 0 Å². The van der Waals surface area contributed by atoms with E-state index in [-0.39, 0.29) is 18.6 Å². The molecule has 1 N–H and O–H groups in total. The van der Waals surface area contributed by atoms with E-state index in [4.69, 9.17) is 5.11 Å². The Kier molecular flexibility index (Phi) is 2.12. The summed E-state index contributed by atoms with van der Waals surface area (Å²) in [5, 5.41) is 8.56. The molecular formula is C7H9NO4. The lowest BCUT2D eigenvalue weighted by Crippen LogP contribution is -2.47. The first-order valence-electron chi connectivity index (χ1n) is 3.59. The third-order valence-electron chi connectivity index (χ3n) is 1.79. The predicted molar refractivity (Wildman–Crippen MR) is 38.6 cm³/mol. The Morgan fingerprint density at radius 3 is 2.58 bits per heavy atom. The van der Waals surface area contributed by atoms with Gasteiger partial charge in [-0.3, -0.25) is 9.59 Å². The summed E-state index contributed by atoms with van der Waals surface area (Å²) in [4.78, 5) is 33.0. The Labute approximate surface area is 69.0 Å². The number of hydrogen-bond donors (Lipinski definition) is 1. The van der Waals surface area contributed by atoms with E-state index in [0.29, 0.717) is 4.90 Å². The SMILES string of the molecule is C[C@H]1CC(=O)CC(=O)N1C(=O)O. The van der Waals surface area contributed by atoms with Crippen LogP contribution in [0.4, 0.5) is 4.79 Å². The largest absolute Gasteiger partial charge is 0.465 e. The van der Waals surface area contributed by atoms with Gasteiger partial charge in [0.2, 0.25) is 5.91 Å². The number of hydrogen-bond acceptors (Lipinski definition) is 3. The van der Waals surface area contributed by atoms with Crippen LogP contribution in [0.2, 0.25) is 0 Å². The quantitative estimate of drug-likeness (QED) is 0.530. The average molecular weight is 171 g/mol. The molecule has 1 saturated heterocycles. The molecule has 1 aliphatic heterocycles. The van der Waals surface area contributed by atoms with Gasteiger partial charge in [-0.1, -0.05) is 0 Å². The molecule has 1 heterocycles. The van der Waals surface area contributed by atoms with Gasteiger partial charge in [0.1, 0.15) is 5.78 Å². The molecule has 5 nitrogen and oxygen atoms in total. The number of rotatable bonds is 0. The van der Waals surface area contributed by atoms with Gasteiger partial charge in [0, 0.05) is 12.5 Å². The number of Topliss-reactive ketones (excluding diaryl/α,β-unsaturated/α-hetero) is 1. The molecule has 2 amide bonds. The summed E-state index contributed by atoms with van der Waals surface area (Å²) in [6.45, 7) is 1.54. The van der Waals surface area contributed by atoms with Crippen LogP contribution < -0.4 is 0 Å². The number of carboxylic acid groups (broad SMARTS) is 1. The molecule has 66 valence electrons. The molecule has 1 aliphatic rings. The van der Waals surface area contributed by atoms with Crippen molar-refractivity contribution in [2.45, 2.75) is 25.8 Å². The Morgan fingerprint density at radius 1 is 1.58 bits per heavy atom. The van der Waals surface area contributed by atoms with Crippen molar-refractivity contribution in [3.8, 4) is 0 Å². The van der Waals surface area contributed by atoms with Gasteiger partial charge in [-0.15, -0.1) is 0 Å². The van der Waals surface area contributed by atoms with Crippen LogP contribution in [0.5, 0.6) is 0 Å². The van der Waals surface area contributed by atoms with Crippen molar-refractivity contribution in [1.82, 2.24) is 4.90 Å². The molecule has 12 heavy (non-hydrogen) atoms. The second-order valence-electron chi connectivity index (χ2n) is 2.81. The highest BCUT2D eigenvalue weighted by atomic mass is 16.4. The lowest BCUT2D eigenvalue weighted by Gasteiger charge is -2.27. The number of likely N-dealkylation sites (tertiary alicyclic amines) is 1. The Bertz CT molecular complexity index is 248. The van der Waals surface area contributed by atoms with Crippen molar-refractivity contribution < 1.29 is 19.5 Å². The number of imide groups is 1. The minimum absolute atomic E-state index is 0.137. The molecule has 0 aromatic heterocycles. The van der Waals surface area contributed by atoms with Crippen molar-refractivity contribution in [2.24, 2.45) is 0 Å². The Hall–Kier alpha value is -1.39. The summed E-state index contributed by atoms with van der Waals surface area (Å²) in [7, 11) is 0. The molecule has 1 fully saturated rings. The fourth-order valence-electron chi connectivity index (χ4n) is 1.29. The second kappa shape index (κ2) is 2.92. The van der Waals surface area contributed by atoms with E-state index in [1.807, 2.05) is 0 Å². The highest BCUT2D eigenvalue weighted by Gasteiger charge is 2.33. The summed E-state index contributed by atoms with van der Waals surface area (Å²) in [5.74, 6) is -0.809. The first-order valence-corrected chi connectivity index (χ1v) is 3.59. The van der Waals surface area contributed by atoms with Crippen molar-refractivity contribution in [3.63, 3.8) is 0 Å². The first-order chi connectivity index (χ1) is 5.52. The van der Waals surface area contributed by atoms with Gasteiger partial charge < -0.3 is 5.11 Å². The van der Waals surface area contributed by atoms with Gasteiger partial charge >= 0.3 is 6.09 Å². The van der Waals surface area contributed by atoms with Crippen LogP contribution in [0.1, 0.15) is 19.8 Å². The van der Waals surface area contributed by atoms with E-state index >= 15 is 0 Å². The Balaban J connectivity index is 2.80. The van der Waals surface area contributed by atoms with Gasteiger partial charge in [0.15, 0.2) is 0 Å². The average Bonchev–Trinajstić information content (AvgIpc) is 1.82. The van der Waals surface area contributed by atoms with Crippen molar-refractivity contribution >= 4 is 17.8 Å². The van der Waals surface area contributed by atoms with Crippen LogP contribution in [0, 0.1) is 0 Å². The van der Waals surface area contributed by atoms with Crippen LogP contribution in [0.25, 0.3) is 0 Å². The molecule has 0 aromatic rings. The predicted octanol–water partition coefficient (Wildman–Crippen LogP) is 0.244. The molecule has 0 radical (unpaired) electrons. The zero-order valence-electron chi connectivity index (χ0n) is 6.61. The molecule has 0 aliphatic carbocycles. The summed E-state index contributed by atoms with van der Waals surface area (Å²) < 4.78 is 0. The molecule has 1 rings (SSSR count). The molecule has 0 unspecified atom stereocenters. The van der Waals surface area contributed by atoms with E-state index in [9.17, 15) is 14.4 Å². The summed E-state index contributed by atoms with van der Waals surface area (Å²) >= 11 is 0.